The summed E-state index contributed by atoms with van der Waals surface area (Å²) in [5, 5.41) is 5.11. The molecule has 36 heavy (non-hydrogen) atoms. The van der Waals surface area contributed by atoms with Crippen LogP contribution < -0.4 is 10.6 Å². The Kier molecular flexibility index (Phi) is 8.07. The van der Waals surface area contributed by atoms with Crippen molar-refractivity contribution in [1.82, 2.24) is 9.88 Å². The number of carbonyl (C=O) groups is 3. The molecular weight excluding hydrogens is 485 g/mol. The van der Waals surface area contributed by atoms with E-state index >= 15 is 0 Å². The normalized spacial score (nSPS) is 18.2. The highest BCUT2D eigenvalue weighted by Gasteiger charge is 2.34. The first-order chi connectivity index (χ1) is 16.7. The third-order valence-electron chi connectivity index (χ3n) is 6.98. The molecule has 1 aromatic carbocycles. The fourth-order valence-corrected chi connectivity index (χ4v) is 5.99. The van der Waals surface area contributed by atoms with Crippen LogP contribution in [0.3, 0.4) is 0 Å². The summed E-state index contributed by atoms with van der Waals surface area (Å²) in [6, 6.07) is 3.98. The van der Waals surface area contributed by atoms with Gasteiger partial charge in [-0.1, -0.05) is 13.8 Å². The molecule has 1 saturated carbocycles. The molecule has 2 amide bonds. The van der Waals surface area contributed by atoms with Crippen molar-refractivity contribution in [3.8, 4) is 0 Å². The molecule has 10 heteroatoms. The lowest BCUT2D eigenvalue weighted by Gasteiger charge is -2.27. The van der Waals surface area contributed by atoms with Gasteiger partial charge in [0.15, 0.2) is 0 Å². The number of anilines is 1. The van der Waals surface area contributed by atoms with E-state index in [9.17, 15) is 27.2 Å². The summed E-state index contributed by atoms with van der Waals surface area (Å²) in [6.07, 6.45) is 3.04. The molecule has 196 valence electrons. The Hall–Kier alpha value is -3.01. The minimum Gasteiger partial charge on any atom is -0.346 e. The summed E-state index contributed by atoms with van der Waals surface area (Å²) in [7, 11) is -1.50. The van der Waals surface area contributed by atoms with Crippen LogP contribution >= 0.6 is 0 Å². The Labute approximate surface area is 211 Å². The molecule has 1 fully saturated rings. The third-order valence-corrected chi connectivity index (χ3v) is 8.66. The SMILES string of the molecule is Cc1cc(NC(=O)c2c(C(C)C)c(C(=O)C(=O)NC3CCC(S(C)(=O)=O)CC3)n(C)c2C)ccc1F. The fourth-order valence-electron chi connectivity index (χ4n) is 4.86. The van der Waals surface area contributed by atoms with Gasteiger partial charge in [-0.15, -0.1) is 0 Å². The predicted molar refractivity (Wildman–Crippen MR) is 137 cm³/mol. The molecule has 3 rings (SSSR count). The molecule has 2 N–H and O–H groups in total. The first kappa shape index (κ1) is 27.6. The molecule has 1 aliphatic rings. The summed E-state index contributed by atoms with van der Waals surface area (Å²) in [4.78, 5) is 39.5. The maximum Gasteiger partial charge on any atom is 0.294 e. The van der Waals surface area contributed by atoms with Gasteiger partial charge in [-0.3, -0.25) is 14.4 Å². The predicted octanol–water partition coefficient (Wildman–Crippen LogP) is 3.81. The zero-order chi connectivity index (χ0) is 26.9. The first-order valence-electron chi connectivity index (χ1n) is 12.0. The largest absolute Gasteiger partial charge is 0.346 e. The van der Waals surface area contributed by atoms with Crippen LogP contribution in [0.1, 0.15) is 83.1 Å². The highest BCUT2D eigenvalue weighted by atomic mass is 32.2. The Morgan fingerprint density at radius 2 is 1.69 bits per heavy atom. The smallest absolute Gasteiger partial charge is 0.294 e. The number of nitrogens with zero attached hydrogens (tertiary/aromatic N) is 1. The lowest BCUT2D eigenvalue weighted by Crippen LogP contribution is -2.43. The zero-order valence-corrected chi connectivity index (χ0v) is 22.4. The van der Waals surface area contributed by atoms with Crippen molar-refractivity contribution in [1.29, 1.82) is 0 Å². The quantitative estimate of drug-likeness (QED) is 0.427. The number of aromatic nitrogens is 1. The van der Waals surface area contributed by atoms with Gasteiger partial charge in [-0.25, -0.2) is 12.8 Å². The Morgan fingerprint density at radius 3 is 2.22 bits per heavy atom. The lowest BCUT2D eigenvalue weighted by atomic mass is 9.93. The third kappa shape index (κ3) is 5.69. The fraction of sp³-hybridized carbons (Fsp3) is 0.500. The van der Waals surface area contributed by atoms with Gasteiger partial charge in [0.05, 0.1) is 16.5 Å². The Bertz CT molecular complexity index is 1310. The molecule has 8 nitrogen and oxygen atoms in total. The van der Waals surface area contributed by atoms with Crippen molar-refractivity contribution in [2.75, 3.05) is 11.6 Å². The van der Waals surface area contributed by atoms with Crippen molar-refractivity contribution in [2.24, 2.45) is 7.05 Å². The maximum absolute atomic E-state index is 13.6. The van der Waals surface area contributed by atoms with Crippen molar-refractivity contribution >= 4 is 33.1 Å². The molecule has 1 aliphatic carbocycles. The van der Waals surface area contributed by atoms with Crippen LogP contribution in [0.2, 0.25) is 0 Å². The number of hydrogen-bond acceptors (Lipinski definition) is 5. The van der Waals surface area contributed by atoms with Crippen LogP contribution in [-0.2, 0) is 21.7 Å². The number of nitrogens with one attached hydrogen (secondary N) is 2. The monoisotopic (exact) mass is 519 g/mol. The van der Waals surface area contributed by atoms with E-state index in [0.29, 0.717) is 53.8 Å². The Balaban J connectivity index is 1.85. The highest BCUT2D eigenvalue weighted by molar-refractivity contribution is 7.91. The number of amides is 2. The maximum atomic E-state index is 13.6. The number of carbonyl (C=O) groups excluding carboxylic acids is 3. The van der Waals surface area contributed by atoms with Gasteiger partial charge < -0.3 is 15.2 Å². The summed E-state index contributed by atoms with van der Waals surface area (Å²) in [5.41, 5.74) is 2.25. The van der Waals surface area contributed by atoms with Gasteiger partial charge in [0.25, 0.3) is 17.6 Å². The van der Waals surface area contributed by atoms with E-state index in [1.165, 1.54) is 24.5 Å². The van der Waals surface area contributed by atoms with Crippen LogP contribution in [-0.4, -0.2) is 48.1 Å². The number of aryl methyl sites for hydroxylation is 1. The van der Waals surface area contributed by atoms with Gasteiger partial charge >= 0.3 is 0 Å². The molecule has 1 heterocycles. The molecule has 0 atom stereocenters. The van der Waals surface area contributed by atoms with Crippen molar-refractivity contribution in [3.63, 3.8) is 0 Å². The average Bonchev–Trinajstić information content (AvgIpc) is 3.06. The van der Waals surface area contributed by atoms with E-state index in [1.54, 1.807) is 25.5 Å². The minimum absolute atomic E-state index is 0.144. The van der Waals surface area contributed by atoms with Gasteiger partial charge in [0.2, 0.25) is 0 Å². The highest BCUT2D eigenvalue weighted by Crippen LogP contribution is 2.31. The second-order valence-electron chi connectivity index (χ2n) is 9.96. The summed E-state index contributed by atoms with van der Waals surface area (Å²) in [5.74, 6) is -2.59. The van der Waals surface area contributed by atoms with E-state index in [4.69, 9.17) is 0 Å². The number of sulfone groups is 1. The molecule has 0 aliphatic heterocycles. The van der Waals surface area contributed by atoms with Crippen molar-refractivity contribution in [2.45, 2.75) is 70.6 Å². The number of rotatable bonds is 7. The molecule has 0 bridgehead atoms. The average molecular weight is 520 g/mol. The molecule has 2 aromatic rings. The Morgan fingerprint density at radius 1 is 1.08 bits per heavy atom. The molecule has 1 aromatic heterocycles. The van der Waals surface area contributed by atoms with Gasteiger partial charge in [-0.05, 0) is 74.8 Å². The summed E-state index contributed by atoms with van der Waals surface area (Å²) >= 11 is 0. The number of halogens is 1. The topological polar surface area (TPSA) is 114 Å². The standard InChI is InChI=1S/C26H34FN3O5S/c1-14(2)21-22(25(32)29-18-9-12-20(27)15(3)13-18)16(4)30(5)23(21)24(31)26(33)28-17-7-10-19(11-8-17)36(6,34)35/h9,12-14,17,19H,7-8,10-11H2,1-6H3,(H,28,33)(H,29,32). The van der Waals surface area contributed by atoms with Gasteiger partial charge in [-0.2, -0.15) is 0 Å². The number of Topliss-reactive ketones (excluding diaryl/α,β-unsaturated/α-hetero) is 1. The first-order valence-corrected chi connectivity index (χ1v) is 14.0. The van der Waals surface area contributed by atoms with Crippen LogP contribution in [0.5, 0.6) is 0 Å². The second kappa shape index (κ2) is 10.5. The van der Waals surface area contributed by atoms with E-state index in [-0.39, 0.29) is 23.5 Å². The number of hydrogen-bond donors (Lipinski definition) is 2. The molecule has 0 spiro atoms. The number of benzene rings is 1. The van der Waals surface area contributed by atoms with Crippen molar-refractivity contribution in [3.05, 3.63) is 52.1 Å². The van der Waals surface area contributed by atoms with Gasteiger partial charge in [0, 0.05) is 30.7 Å². The van der Waals surface area contributed by atoms with Crippen LogP contribution in [0.15, 0.2) is 18.2 Å². The summed E-state index contributed by atoms with van der Waals surface area (Å²) in [6.45, 7) is 6.99. The van der Waals surface area contributed by atoms with Gasteiger partial charge in [0.1, 0.15) is 15.7 Å². The van der Waals surface area contributed by atoms with Crippen LogP contribution in [0.25, 0.3) is 0 Å². The zero-order valence-electron chi connectivity index (χ0n) is 21.6. The lowest BCUT2D eigenvalue weighted by molar-refractivity contribution is -0.117. The van der Waals surface area contributed by atoms with E-state index in [2.05, 4.69) is 10.6 Å². The van der Waals surface area contributed by atoms with E-state index in [1.807, 2.05) is 13.8 Å². The molecule has 0 saturated heterocycles. The van der Waals surface area contributed by atoms with Crippen LogP contribution in [0.4, 0.5) is 10.1 Å². The van der Waals surface area contributed by atoms with Crippen LogP contribution in [0, 0.1) is 19.7 Å². The second-order valence-corrected chi connectivity index (χ2v) is 12.3. The molecule has 0 radical (unpaired) electrons. The number of ketones is 1. The molecule has 0 unspecified atom stereocenters. The summed E-state index contributed by atoms with van der Waals surface area (Å²) < 4.78 is 38.8. The molecular formula is C26H34FN3O5S. The van der Waals surface area contributed by atoms with Crippen molar-refractivity contribution < 1.29 is 27.2 Å². The minimum atomic E-state index is -3.13. The van der Waals surface area contributed by atoms with E-state index < -0.39 is 32.7 Å². The van der Waals surface area contributed by atoms with E-state index in [0.717, 1.165) is 0 Å².